The van der Waals surface area contributed by atoms with Crippen LogP contribution in [0.25, 0.3) is 0 Å². The molecular weight excluding hydrogens is 253 g/mol. The van der Waals surface area contributed by atoms with E-state index in [9.17, 15) is 18.1 Å². The van der Waals surface area contributed by atoms with Gasteiger partial charge in [-0.1, -0.05) is 0 Å². The summed E-state index contributed by atoms with van der Waals surface area (Å²) >= 11 is 2.75. The Bertz CT molecular complexity index is 354. The third kappa shape index (κ3) is 2.00. The van der Waals surface area contributed by atoms with Crippen LogP contribution >= 0.6 is 15.9 Å². The molecule has 0 bridgehead atoms. The molecule has 0 heterocycles. The SMILES string of the molecule is O=C(OF)c1cc(F)c(F)cc1Br. The molecule has 13 heavy (non-hydrogen) atoms. The van der Waals surface area contributed by atoms with Gasteiger partial charge in [0.15, 0.2) is 11.6 Å². The second-order valence-corrected chi connectivity index (χ2v) is 2.97. The number of carbonyl (C=O) groups is 1. The highest BCUT2D eigenvalue weighted by Crippen LogP contribution is 2.21. The van der Waals surface area contributed by atoms with Crippen molar-refractivity contribution in [2.45, 2.75) is 0 Å². The van der Waals surface area contributed by atoms with Crippen LogP contribution in [0.2, 0.25) is 0 Å². The standard InChI is InChI=1S/C7H2BrF3O2/c8-4-2-6(10)5(9)1-3(4)7(12)13-11/h1-2H. The Labute approximate surface area is 79.3 Å². The fourth-order valence-corrected chi connectivity index (χ4v) is 1.20. The van der Waals surface area contributed by atoms with E-state index in [-0.39, 0.29) is 4.47 Å². The van der Waals surface area contributed by atoms with Crippen molar-refractivity contribution in [1.29, 1.82) is 0 Å². The normalized spacial score (nSPS) is 9.85. The first-order valence-electron chi connectivity index (χ1n) is 3.03. The number of hydrogen-bond donors (Lipinski definition) is 0. The molecular formula is C7H2BrF3O2. The number of benzene rings is 1. The van der Waals surface area contributed by atoms with Gasteiger partial charge in [0.1, 0.15) is 0 Å². The maximum absolute atomic E-state index is 12.5. The number of hydrogen-bond acceptors (Lipinski definition) is 2. The summed E-state index contributed by atoms with van der Waals surface area (Å²) in [6, 6.07) is 1.25. The Kier molecular flexibility index (Phi) is 2.92. The van der Waals surface area contributed by atoms with E-state index in [1.54, 1.807) is 0 Å². The maximum Gasteiger partial charge on any atom is 0.380 e. The van der Waals surface area contributed by atoms with Crippen molar-refractivity contribution in [3.05, 3.63) is 33.8 Å². The molecule has 0 aliphatic heterocycles. The third-order valence-corrected chi connectivity index (χ3v) is 1.96. The smallest absolute Gasteiger partial charge is 0.249 e. The van der Waals surface area contributed by atoms with Gasteiger partial charge < -0.3 is 0 Å². The van der Waals surface area contributed by atoms with Crippen molar-refractivity contribution in [3.63, 3.8) is 0 Å². The van der Waals surface area contributed by atoms with E-state index < -0.39 is 23.2 Å². The van der Waals surface area contributed by atoms with Gasteiger partial charge in [-0.25, -0.2) is 18.5 Å². The van der Waals surface area contributed by atoms with Gasteiger partial charge in [-0.15, -0.1) is 0 Å². The van der Waals surface area contributed by atoms with E-state index >= 15 is 0 Å². The minimum atomic E-state index is -1.38. The molecule has 6 heteroatoms. The summed E-state index contributed by atoms with van der Waals surface area (Å²) in [5.74, 6) is -3.77. The average Bonchev–Trinajstić information content (AvgIpc) is 2.10. The summed E-state index contributed by atoms with van der Waals surface area (Å²) in [6.07, 6.45) is 0. The molecule has 70 valence electrons. The lowest BCUT2D eigenvalue weighted by Crippen LogP contribution is -2.01. The number of rotatable bonds is 1. The molecule has 0 saturated heterocycles. The summed E-state index contributed by atoms with van der Waals surface area (Å²) in [4.78, 5) is 13.4. The molecule has 1 aromatic carbocycles. The molecule has 0 N–H and O–H groups in total. The Morgan fingerprint density at radius 2 is 1.85 bits per heavy atom. The van der Waals surface area contributed by atoms with Gasteiger partial charge in [-0.3, -0.25) is 0 Å². The summed E-state index contributed by atoms with van der Waals surface area (Å²) < 4.78 is 36.3. The zero-order valence-electron chi connectivity index (χ0n) is 5.98. The van der Waals surface area contributed by atoms with Gasteiger partial charge in [0.25, 0.3) is 0 Å². The van der Waals surface area contributed by atoms with Crippen LogP contribution in [0.3, 0.4) is 0 Å². The van der Waals surface area contributed by atoms with Crippen LogP contribution in [0.5, 0.6) is 0 Å². The zero-order valence-corrected chi connectivity index (χ0v) is 7.57. The van der Waals surface area contributed by atoms with Crippen molar-refractivity contribution in [2.24, 2.45) is 0 Å². The van der Waals surface area contributed by atoms with Crippen LogP contribution in [-0.4, -0.2) is 5.97 Å². The highest BCUT2D eigenvalue weighted by molar-refractivity contribution is 9.10. The van der Waals surface area contributed by atoms with Crippen LogP contribution in [0.4, 0.5) is 13.3 Å². The molecule has 1 aromatic rings. The number of carbonyl (C=O) groups excluding carboxylic acids is 1. The maximum atomic E-state index is 12.5. The Morgan fingerprint density at radius 3 is 2.38 bits per heavy atom. The lowest BCUT2D eigenvalue weighted by atomic mass is 10.2. The van der Waals surface area contributed by atoms with Crippen molar-refractivity contribution < 1.29 is 23.0 Å². The molecule has 0 radical (unpaired) electrons. The van der Waals surface area contributed by atoms with Crippen LogP contribution in [0.1, 0.15) is 10.4 Å². The van der Waals surface area contributed by atoms with E-state index in [0.717, 1.165) is 0 Å². The molecule has 0 atom stereocenters. The molecule has 0 fully saturated rings. The Hall–Kier alpha value is -1.04. The molecule has 0 aliphatic rings. The van der Waals surface area contributed by atoms with Crippen molar-refractivity contribution >= 4 is 21.9 Å². The predicted molar refractivity (Wildman–Crippen MR) is 40.6 cm³/mol. The second-order valence-electron chi connectivity index (χ2n) is 2.11. The molecule has 0 aromatic heterocycles. The van der Waals surface area contributed by atoms with Gasteiger partial charge in [-0.2, -0.15) is 0 Å². The van der Waals surface area contributed by atoms with E-state index in [0.29, 0.717) is 12.1 Å². The summed E-state index contributed by atoms with van der Waals surface area (Å²) in [7, 11) is 0. The first-order chi connectivity index (χ1) is 6.06. The molecule has 0 spiro atoms. The lowest BCUT2D eigenvalue weighted by molar-refractivity contribution is -0.0789. The molecule has 0 saturated carbocycles. The van der Waals surface area contributed by atoms with Gasteiger partial charge >= 0.3 is 5.97 Å². The molecule has 2 nitrogen and oxygen atoms in total. The van der Waals surface area contributed by atoms with Gasteiger partial charge in [-0.05, 0) is 28.1 Å². The van der Waals surface area contributed by atoms with E-state index in [2.05, 4.69) is 20.9 Å². The van der Waals surface area contributed by atoms with Crippen molar-refractivity contribution in [3.8, 4) is 0 Å². The topological polar surface area (TPSA) is 26.3 Å². The fourth-order valence-electron chi connectivity index (χ4n) is 0.721. The van der Waals surface area contributed by atoms with Crippen LogP contribution < -0.4 is 0 Å². The molecule has 0 amide bonds. The Morgan fingerprint density at radius 1 is 1.31 bits per heavy atom. The first kappa shape index (κ1) is 10.0. The highest BCUT2D eigenvalue weighted by Gasteiger charge is 2.16. The quantitative estimate of drug-likeness (QED) is 0.721. The highest BCUT2D eigenvalue weighted by atomic mass is 79.9. The van der Waals surface area contributed by atoms with Crippen molar-refractivity contribution in [1.82, 2.24) is 0 Å². The van der Waals surface area contributed by atoms with Crippen molar-refractivity contribution in [2.75, 3.05) is 0 Å². The monoisotopic (exact) mass is 254 g/mol. The predicted octanol–water partition coefficient (Wildman–Crippen LogP) is 2.77. The van der Waals surface area contributed by atoms with Gasteiger partial charge in [0.2, 0.25) is 0 Å². The largest absolute Gasteiger partial charge is 0.380 e. The van der Waals surface area contributed by atoms with Crippen LogP contribution in [0, 0.1) is 11.6 Å². The summed E-state index contributed by atoms with van der Waals surface area (Å²) in [5.41, 5.74) is -0.415. The van der Waals surface area contributed by atoms with Crippen LogP contribution in [0.15, 0.2) is 16.6 Å². The molecule has 0 aliphatic carbocycles. The second kappa shape index (κ2) is 3.78. The third-order valence-electron chi connectivity index (χ3n) is 1.30. The van der Waals surface area contributed by atoms with Gasteiger partial charge in [0.05, 0.1) is 5.56 Å². The van der Waals surface area contributed by atoms with E-state index in [1.807, 2.05) is 0 Å². The van der Waals surface area contributed by atoms with E-state index in [1.165, 1.54) is 0 Å². The Balaban J connectivity index is 3.23. The summed E-state index contributed by atoms with van der Waals surface area (Å²) in [5, 5.41) is 0. The summed E-state index contributed by atoms with van der Waals surface area (Å²) in [6.45, 7) is 0. The molecule has 0 unspecified atom stereocenters. The zero-order chi connectivity index (χ0) is 10.0. The fraction of sp³-hybridized carbons (Fsp3) is 0. The van der Waals surface area contributed by atoms with E-state index in [4.69, 9.17) is 0 Å². The lowest BCUT2D eigenvalue weighted by Gasteiger charge is -1.99. The average molecular weight is 255 g/mol. The minimum absolute atomic E-state index is 0.0750. The first-order valence-corrected chi connectivity index (χ1v) is 3.83. The molecule has 1 rings (SSSR count). The van der Waals surface area contributed by atoms with Gasteiger partial charge in [0, 0.05) is 9.00 Å². The number of halogens is 4. The van der Waals surface area contributed by atoms with Crippen LogP contribution in [-0.2, 0) is 4.94 Å². The minimum Gasteiger partial charge on any atom is -0.249 e.